The third-order valence-electron chi connectivity index (χ3n) is 4.30. The Hall–Kier alpha value is -1.73. The second kappa shape index (κ2) is 10.1. The monoisotopic (exact) mass is 543 g/mol. The lowest BCUT2D eigenvalue weighted by Crippen LogP contribution is -2.26. The Bertz CT molecular complexity index is 1270. The average molecular weight is 543 g/mol. The van der Waals surface area contributed by atoms with Gasteiger partial charge in [-0.25, -0.2) is 23.7 Å². The largest absolute Gasteiger partial charge is 0.490 e. The lowest BCUT2D eigenvalue weighted by atomic mass is 10.2. The van der Waals surface area contributed by atoms with Gasteiger partial charge in [-0.3, -0.25) is 4.52 Å². The predicted molar refractivity (Wildman–Crippen MR) is 112 cm³/mol. The highest BCUT2D eigenvalue weighted by atomic mass is 31.3. The van der Waals surface area contributed by atoms with Crippen molar-refractivity contribution in [3.05, 3.63) is 18.1 Å². The number of nitrogens with two attached hydrogens (primary N) is 2. The van der Waals surface area contributed by atoms with Gasteiger partial charge in [0.2, 0.25) is 0 Å². The first kappa shape index (κ1) is 26.9. The van der Waals surface area contributed by atoms with E-state index >= 15 is 0 Å². The third-order valence-corrected chi connectivity index (χ3v) is 8.10. The summed E-state index contributed by atoms with van der Waals surface area (Å²) < 4.78 is 52.9. The van der Waals surface area contributed by atoms with Crippen LogP contribution < -0.4 is 11.5 Å². The minimum atomic E-state index is -5.67. The fourth-order valence-corrected chi connectivity index (χ4v) is 6.11. The number of rotatable bonds is 8. The molecule has 9 N–H and O–H groups in total. The second-order valence-corrected chi connectivity index (χ2v) is 11.2. The highest BCUT2D eigenvalue weighted by Gasteiger charge is 2.43. The summed E-state index contributed by atoms with van der Waals surface area (Å²) >= 11 is 0. The summed E-state index contributed by atoms with van der Waals surface area (Å²) in [6.45, 7) is -0.723. The number of ether oxygens (including phenoxy) is 1. The number of nitrogen functional groups attached to an aromatic ring is 1. The molecule has 17 nitrogen and oxygen atoms in total. The van der Waals surface area contributed by atoms with Crippen molar-refractivity contribution in [1.29, 1.82) is 0 Å². The molecule has 1 saturated heterocycles. The molecule has 3 rings (SSSR count). The maximum absolute atomic E-state index is 11.9. The van der Waals surface area contributed by atoms with Crippen molar-refractivity contribution >= 4 is 40.3 Å². The van der Waals surface area contributed by atoms with E-state index in [-0.39, 0.29) is 18.8 Å². The Morgan fingerprint density at radius 1 is 1.18 bits per heavy atom. The molecule has 0 bridgehead atoms. The molecule has 0 amide bonds. The first-order valence-corrected chi connectivity index (χ1v) is 13.7. The molecule has 2 aromatic heterocycles. The molecule has 0 spiro atoms. The van der Waals surface area contributed by atoms with E-state index in [1.807, 2.05) is 0 Å². The van der Waals surface area contributed by atoms with E-state index in [0.717, 1.165) is 0 Å². The Labute approximate surface area is 191 Å². The summed E-state index contributed by atoms with van der Waals surface area (Å²) in [6.07, 6.45) is -0.554. The fraction of sp³-hybridized carbons (Fsp3) is 0.429. The lowest BCUT2D eigenvalue weighted by molar-refractivity contribution is -0.0421. The predicted octanol–water partition coefficient (Wildman–Crippen LogP) is -0.685. The van der Waals surface area contributed by atoms with E-state index in [4.69, 9.17) is 26.0 Å². The molecule has 5 unspecified atom stereocenters. The molecule has 5 atom stereocenters. The van der Waals surface area contributed by atoms with Crippen molar-refractivity contribution in [2.75, 3.05) is 18.9 Å². The number of aromatic nitrogens is 3. The van der Waals surface area contributed by atoms with Gasteiger partial charge in [0, 0.05) is 12.6 Å². The van der Waals surface area contributed by atoms with Crippen LogP contribution in [0.1, 0.15) is 18.2 Å². The van der Waals surface area contributed by atoms with Crippen molar-refractivity contribution in [2.45, 2.75) is 24.9 Å². The molecular formula is C14H20N5O12P3. The summed E-state index contributed by atoms with van der Waals surface area (Å²) in [6, 6.07) is 0. The number of hydrogen-bond acceptors (Lipinski definition) is 12. The van der Waals surface area contributed by atoms with Crippen LogP contribution in [0, 0.1) is 11.8 Å². The second-order valence-electron chi connectivity index (χ2n) is 6.73. The highest BCUT2D eigenvalue weighted by molar-refractivity contribution is 7.66. The van der Waals surface area contributed by atoms with Gasteiger partial charge in [0.15, 0.2) is 0 Å². The van der Waals surface area contributed by atoms with Crippen LogP contribution in [0.2, 0.25) is 0 Å². The Morgan fingerprint density at radius 3 is 2.53 bits per heavy atom. The number of aliphatic hydroxyl groups is 1. The lowest BCUT2D eigenvalue weighted by Gasteiger charge is -2.19. The number of aliphatic hydroxyl groups excluding tert-OH is 1. The molecule has 0 saturated carbocycles. The summed E-state index contributed by atoms with van der Waals surface area (Å²) in [4.78, 5) is 43.9. The van der Waals surface area contributed by atoms with E-state index in [9.17, 15) is 28.6 Å². The number of phosphoric ester groups is 1. The van der Waals surface area contributed by atoms with E-state index < -0.39 is 48.5 Å². The molecule has 188 valence electrons. The van der Waals surface area contributed by atoms with Gasteiger partial charge in [-0.2, -0.15) is 8.62 Å². The minimum absolute atomic E-state index is 0.0259. The normalized spacial score (nSPS) is 24.4. The van der Waals surface area contributed by atoms with Crippen molar-refractivity contribution in [3.8, 4) is 11.8 Å². The van der Waals surface area contributed by atoms with Gasteiger partial charge in [0.05, 0.1) is 30.2 Å². The van der Waals surface area contributed by atoms with Crippen molar-refractivity contribution < 1.29 is 56.3 Å². The summed E-state index contributed by atoms with van der Waals surface area (Å²) in [5, 5.41) is 10.7. The quantitative estimate of drug-likeness (QED) is 0.160. The summed E-state index contributed by atoms with van der Waals surface area (Å²) in [5.74, 6) is 5.66. The molecule has 1 fully saturated rings. The number of nitrogens with zero attached hydrogens (tertiary/aromatic N) is 3. The van der Waals surface area contributed by atoms with Crippen LogP contribution in [0.15, 0.2) is 12.5 Å². The number of fused-ring (bicyclic) bond motifs is 1. The zero-order valence-electron chi connectivity index (χ0n) is 16.9. The van der Waals surface area contributed by atoms with Gasteiger partial charge in [-0.1, -0.05) is 11.8 Å². The van der Waals surface area contributed by atoms with Gasteiger partial charge in [0.25, 0.3) is 0 Å². The number of phosphoric acid groups is 3. The Balaban J connectivity index is 1.74. The molecule has 0 aromatic carbocycles. The van der Waals surface area contributed by atoms with E-state index in [1.165, 1.54) is 10.9 Å². The zero-order chi connectivity index (χ0) is 25.3. The van der Waals surface area contributed by atoms with E-state index in [2.05, 4.69) is 35.0 Å². The van der Waals surface area contributed by atoms with Crippen LogP contribution in [-0.4, -0.2) is 64.6 Å². The molecule has 1 aliphatic rings. The third kappa shape index (κ3) is 6.69. The average Bonchev–Trinajstić information content (AvgIpc) is 3.23. The molecule has 20 heteroatoms. The van der Waals surface area contributed by atoms with Gasteiger partial charge < -0.3 is 45.5 Å². The fourth-order valence-electron chi connectivity index (χ4n) is 3.08. The van der Waals surface area contributed by atoms with Crippen LogP contribution in [0.5, 0.6) is 0 Å². The number of anilines is 1. The van der Waals surface area contributed by atoms with Gasteiger partial charge in [0.1, 0.15) is 30.1 Å². The summed E-state index contributed by atoms with van der Waals surface area (Å²) in [5.41, 5.74) is 12.1. The molecule has 3 heterocycles. The maximum Gasteiger partial charge on any atom is 0.490 e. The van der Waals surface area contributed by atoms with Crippen molar-refractivity contribution in [3.63, 3.8) is 0 Å². The molecule has 34 heavy (non-hydrogen) atoms. The van der Waals surface area contributed by atoms with E-state index in [1.54, 1.807) is 6.20 Å². The van der Waals surface area contributed by atoms with Crippen LogP contribution in [0.3, 0.4) is 0 Å². The molecular weight excluding hydrogens is 523 g/mol. The van der Waals surface area contributed by atoms with Crippen molar-refractivity contribution in [2.24, 2.45) is 5.73 Å². The molecule has 0 radical (unpaired) electrons. The number of hydrogen-bond donors (Lipinski definition) is 7. The van der Waals surface area contributed by atoms with Gasteiger partial charge >= 0.3 is 23.5 Å². The molecule has 0 aliphatic carbocycles. The van der Waals surface area contributed by atoms with Gasteiger partial charge in [-0.05, 0) is 0 Å². The van der Waals surface area contributed by atoms with Crippen molar-refractivity contribution in [1.82, 2.24) is 14.5 Å². The van der Waals surface area contributed by atoms with Crippen LogP contribution in [0.25, 0.3) is 11.0 Å². The van der Waals surface area contributed by atoms with Gasteiger partial charge in [-0.15, -0.1) is 0 Å². The first-order valence-electron chi connectivity index (χ1n) is 9.13. The van der Waals surface area contributed by atoms with E-state index in [0.29, 0.717) is 16.6 Å². The molecule has 1 aliphatic heterocycles. The minimum Gasteiger partial charge on any atom is -0.390 e. The standard InChI is InChI=1S/C14H20N5O12P3/c15-3-1-2-8-5-19(14-12(8)13(16)17-7-18-14)11-4-9(20)10(29-11)6-28-33(24,25)31-34(26,27)30-32(21,22)23/h5,7,9-11,20H,3-4,6,15H2,(H,24,25)(H,26,27)(H2,16,17,18)(H2,21,22,23). The SMILES string of the molecule is NCC#Cc1cn(C2CC(O)C(COP(=O)(O)OP(=O)(O)OP(=O)(O)O)O2)c2ncnc(N)c12. The first-order chi connectivity index (χ1) is 15.7. The maximum atomic E-state index is 11.9. The topological polar surface area (TPSA) is 272 Å². The highest BCUT2D eigenvalue weighted by Crippen LogP contribution is 2.66. The van der Waals surface area contributed by atoms with Crippen LogP contribution >= 0.6 is 23.5 Å². The zero-order valence-corrected chi connectivity index (χ0v) is 19.6. The summed E-state index contributed by atoms with van der Waals surface area (Å²) in [7, 11) is -16.6. The Morgan fingerprint density at radius 2 is 1.88 bits per heavy atom. The Kier molecular flexibility index (Phi) is 7.98. The van der Waals surface area contributed by atoms with Crippen LogP contribution in [0.4, 0.5) is 5.82 Å². The smallest absolute Gasteiger partial charge is 0.390 e. The van der Waals surface area contributed by atoms with Crippen LogP contribution in [-0.2, 0) is 31.6 Å². The molecule has 2 aromatic rings.